The monoisotopic (exact) mass is 651 g/mol. The minimum Gasteiger partial charge on any atom is -0.480 e. The lowest BCUT2D eigenvalue weighted by Gasteiger charge is -2.31. The Balaban J connectivity index is 0.000000907. The number of halogens is 1. The maximum absolute atomic E-state index is 12.8. The number of carboxylic acids is 1. The van der Waals surface area contributed by atoms with Crippen LogP contribution in [-0.2, 0) is 20.8 Å². The maximum Gasteiger partial charge on any atom is 0.326 e. The normalized spacial score (nSPS) is 12.7. The van der Waals surface area contributed by atoms with Crippen LogP contribution < -0.4 is 16.8 Å². The van der Waals surface area contributed by atoms with E-state index in [1.165, 1.54) is 69.1 Å². The number of Topliss-reactive ketones (excluding diaryl/α,β-unsaturated/α-hetero) is 1. The van der Waals surface area contributed by atoms with Crippen LogP contribution in [0, 0.1) is 11.3 Å². The van der Waals surface area contributed by atoms with Gasteiger partial charge in [-0.05, 0) is 44.6 Å². The molecule has 1 unspecified atom stereocenters. The van der Waals surface area contributed by atoms with Crippen LogP contribution >= 0.6 is 11.6 Å². The van der Waals surface area contributed by atoms with Crippen molar-refractivity contribution in [3.63, 3.8) is 0 Å². The van der Waals surface area contributed by atoms with Gasteiger partial charge in [-0.3, -0.25) is 15.0 Å². The molecule has 0 aliphatic rings. The van der Waals surface area contributed by atoms with Gasteiger partial charge in [-0.15, -0.1) is 11.6 Å². The van der Waals surface area contributed by atoms with Crippen LogP contribution in [0.2, 0.25) is 0 Å². The first-order chi connectivity index (χ1) is 21.6. The number of unbranched alkanes of at least 4 members (excludes halogenated alkanes) is 10. The third-order valence-electron chi connectivity index (χ3n) is 7.91. The molecule has 0 fully saturated rings. The topological polar surface area (TPSA) is 163 Å². The Hall–Kier alpha value is -2.65. The molecule has 0 saturated carbocycles. The van der Waals surface area contributed by atoms with E-state index in [9.17, 15) is 19.5 Å². The van der Waals surface area contributed by atoms with E-state index >= 15 is 0 Å². The summed E-state index contributed by atoms with van der Waals surface area (Å²) in [6.45, 7) is 6.52. The van der Waals surface area contributed by atoms with Gasteiger partial charge in [0.05, 0.1) is 6.04 Å². The number of aliphatic carboxylic acids is 1. The summed E-state index contributed by atoms with van der Waals surface area (Å²) in [5, 5.41) is 19.3. The number of hydrogen-bond donors (Lipinski definition) is 5. The average Bonchev–Trinajstić information content (AvgIpc) is 3.01. The first-order valence-corrected chi connectivity index (χ1v) is 17.6. The molecule has 7 N–H and O–H groups in total. The largest absolute Gasteiger partial charge is 0.480 e. The lowest BCUT2D eigenvalue weighted by molar-refractivity contribution is -0.151. The van der Waals surface area contributed by atoms with Crippen molar-refractivity contribution in [3.05, 3.63) is 35.9 Å². The van der Waals surface area contributed by atoms with E-state index in [0.29, 0.717) is 38.2 Å². The van der Waals surface area contributed by atoms with Gasteiger partial charge in [0.15, 0.2) is 5.96 Å². The number of amides is 1. The number of nitrogens with zero attached hydrogens (tertiary/aromatic N) is 1. The Kier molecular flexibility index (Phi) is 26.0. The van der Waals surface area contributed by atoms with E-state index in [4.69, 9.17) is 28.5 Å². The minimum atomic E-state index is -1.05. The van der Waals surface area contributed by atoms with Gasteiger partial charge in [0, 0.05) is 24.9 Å². The van der Waals surface area contributed by atoms with Crippen molar-refractivity contribution in [2.75, 3.05) is 19.0 Å². The molecule has 45 heavy (non-hydrogen) atoms. The smallest absolute Gasteiger partial charge is 0.326 e. The summed E-state index contributed by atoms with van der Waals surface area (Å²) in [5.74, 6) is -0.734. The Morgan fingerprint density at radius 1 is 0.889 bits per heavy atom. The van der Waals surface area contributed by atoms with E-state index in [1.54, 1.807) is 6.92 Å². The van der Waals surface area contributed by atoms with E-state index in [0.717, 1.165) is 18.4 Å². The van der Waals surface area contributed by atoms with Crippen LogP contribution in [-0.4, -0.2) is 64.7 Å². The summed E-state index contributed by atoms with van der Waals surface area (Å²) in [6, 6.07) is 7.67. The fourth-order valence-corrected chi connectivity index (χ4v) is 5.58. The lowest BCUT2D eigenvalue weighted by atomic mass is 9.98. The quantitative estimate of drug-likeness (QED) is 0.0342. The highest BCUT2D eigenvalue weighted by molar-refractivity contribution is 6.19. The predicted molar refractivity (Wildman–Crippen MR) is 187 cm³/mol. The highest BCUT2D eigenvalue weighted by atomic mass is 35.5. The summed E-state index contributed by atoms with van der Waals surface area (Å²) in [7, 11) is 0. The van der Waals surface area contributed by atoms with Gasteiger partial charge in [0.1, 0.15) is 11.8 Å². The number of carbonyl (C=O) groups is 3. The van der Waals surface area contributed by atoms with E-state index < -0.39 is 18.1 Å². The molecule has 10 heteroatoms. The van der Waals surface area contributed by atoms with Gasteiger partial charge in [-0.1, -0.05) is 115 Å². The van der Waals surface area contributed by atoms with Crippen molar-refractivity contribution >= 4 is 35.2 Å². The number of ketones is 1. The zero-order valence-corrected chi connectivity index (χ0v) is 29.0. The van der Waals surface area contributed by atoms with Crippen LogP contribution in [0.3, 0.4) is 0 Å². The molecule has 0 aliphatic carbocycles. The zero-order chi connectivity index (χ0) is 33.9. The summed E-state index contributed by atoms with van der Waals surface area (Å²) in [4.78, 5) is 37.1. The van der Waals surface area contributed by atoms with Gasteiger partial charge in [0.25, 0.3) is 0 Å². The summed E-state index contributed by atoms with van der Waals surface area (Å²) >= 11 is 5.78. The van der Waals surface area contributed by atoms with Gasteiger partial charge in [-0.25, -0.2) is 4.79 Å². The number of carbonyl (C=O) groups excluding carboxylic acids is 2. The van der Waals surface area contributed by atoms with Crippen molar-refractivity contribution in [1.29, 1.82) is 5.41 Å². The number of nitrogens with one attached hydrogen (secondary N) is 2. The second-order valence-electron chi connectivity index (χ2n) is 12.0. The Morgan fingerprint density at radius 3 is 1.91 bits per heavy atom. The molecule has 0 spiro atoms. The van der Waals surface area contributed by atoms with Gasteiger partial charge in [-0.2, -0.15) is 0 Å². The summed E-state index contributed by atoms with van der Waals surface area (Å²) in [5.41, 5.74) is 12.2. The summed E-state index contributed by atoms with van der Waals surface area (Å²) < 4.78 is 0. The Labute approximate surface area is 277 Å². The molecule has 0 aromatic heterocycles. The zero-order valence-electron chi connectivity index (χ0n) is 28.2. The molecule has 1 aromatic carbocycles. The SMILES string of the molecule is CCCCCCCCCCCCCC(CCl)C(C)=O.CCCN(C(=O)[C@H](N)Cc1ccccc1)[C@@H](CCCNC(=N)N)C(=O)O. The minimum absolute atomic E-state index is 0.0974. The highest BCUT2D eigenvalue weighted by Gasteiger charge is 2.31. The molecule has 1 rings (SSSR count). The van der Waals surface area contributed by atoms with Crippen LogP contribution in [0.5, 0.6) is 0 Å². The van der Waals surface area contributed by atoms with E-state index in [-0.39, 0.29) is 30.0 Å². The second-order valence-corrected chi connectivity index (χ2v) is 12.3. The molecule has 0 aliphatic heterocycles. The molecule has 9 nitrogen and oxygen atoms in total. The first-order valence-electron chi connectivity index (χ1n) is 17.1. The van der Waals surface area contributed by atoms with Crippen molar-refractivity contribution in [1.82, 2.24) is 10.2 Å². The van der Waals surface area contributed by atoms with Crippen LogP contribution in [0.25, 0.3) is 0 Å². The van der Waals surface area contributed by atoms with Crippen molar-refractivity contribution in [2.45, 2.75) is 136 Å². The van der Waals surface area contributed by atoms with E-state index in [2.05, 4.69) is 12.2 Å². The molecule has 0 bridgehead atoms. The molecule has 1 amide bonds. The fourth-order valence-electron chi connectivity index (χ4n) is 5.20. The average molecular weight is 652 g/mol. The number of nitrogens with two attached hydrogens (primary N) is 2. The molecular weight excluding hydrogens is 590 g/mol. The first kappa shape index (κ1) is 42.3. The third-order valence-corrected chi connectivity index (χ3v) is 8.28. The number of guanidine groups is 1. The molecule has 3 atom stereocenters. The Morgan fingerprint density at radius 2 is 1.44 bits per heavy atom. The van der Waals surface area contributed by atoms with Crippen LogP contribution in [0.1, 0.15) is 123 Å². The number of alkyl halides is 1. The molecule has 0 heterocycles. The lowest BCUT2D eigenvalue weighted by Crippen LogP contribution is -2.52. The number of hydrogen-bond acceptors (Lipinski definition) is 5. The standard InChI is InChI=1S/C18H29N5O3.C17H33ClO/c1-2-11-23(15(17(25)26)9-6-10-22-18(20)21)16(24)14(19)12-13-7-4-3-5-8-13;1-3-4-5-6-7-8-9-10-11-12-13-14-17(15-18)16(2)19/h3-5,7-8,14-15H,2,6,9-12,19H2,1H3,(H,25,26)(H4,20,21,22);17H,3-15H2,1-2H3/t14-,15+;/m1./s1. The van der Waals surface area contributed by atoms with Crippen molar-refractivity contribution < 1.29 is 19.5 Å². The van der Waals surface area contributed by atoms with Gasteiger partial charge in [0.2, 0.25) is 5.91 Å². The highest BCUT2D eigenvalue weighted by Crippen LogP contribution is 2.16. The summed E-state index contributed by atoms with van der Waals surface area (Å²) in [6.07, 6.45) is 17.6. The fraction of sp³-hybridized carbons (Fsp3) is 0.714. The maximum atomic E-state index is 12.8. The molecule has 1 aromatic rings. The van der Waals surface area contributed by atoms with Gasteiger partial charge >= 0.3 is 5.97 Å². The van der Waals surface area contributed by atoms with Crippen LogP contribution in [0.4, 0.5) is 0 Å². The number of benzene rings is 1. The molecular formula is C35H62ClN5O4. The number of rotatable bonds is 25. The molecule has 0 radical (unpaired) electrons. The van der Waals surface area contributed by atoms with Gasteiger partial charge < -0.3 is 26.8 Å². The van der Waals surface area contributed by atoms with Crippen molar-refractivity contribution in [2.24, 2.45) is 17.4 Å². The van der Waals surface area contributed by atoms with Crippen molar-refractivity contribution in [3.8, 4) is 0 Å². The molecule has 258 valence electrons. The number of carboxylic acid groups (broad SMARTS) is 1. The third kappa shape index (κ3) is 21.7. The van der Waals surface area contributed by atoms with E-state index in [1.807, 2.05) is 37.3 Å². The predicted octanol–water partition coefficient (Wildman–Crippen LogP) is 6.64. The van der Waals surface area contributed by atoms with Crippen LogP contribution in [0.15, 0.2) is 30.3 Å². The molecule has 0 saturated heterocycles. The second kappa shape index (κ2) is 27.6. The Bertz CT molecular complexity index is 934.